The van der Waals surface area contributed by atoms with E-state index in [2.05, 4.69) is 10.3 Å². The molecule has 1 N–H and O–H groups in total. The average Bonchev–Trinajstić information content (AvgIpc) is 3.15. The van der Waals surface area contributed by atoms with Crippen LogP contribution in [0.5, 0.6) is 0 Å². The minimum Gasteiger partial charge on any atom is -0.347 e. The number of carbonyl (C=O) groups is 1. The minimum atomic E-state index is -4.63. The van der Waals surface area contributed by atoms with Crippen LogP contribution in [0.1, 0.15) is 23.7 Å². The lowest BCUT2D eigenvalue weighted by atomic mass is 10.2. The first-order valence-electron chi connectivity index (χ1n) is 7.21. The van der Waals surface area contributed by atoms with Gasteiger partial charge in [-0.1, -0.05) is 18.2 Å². The van der Waals surface area contributed by atoms with Gasteiger partial charge in [0.2, 0.25) is 11.7 Å². The van der Waals surface area contributed by atoms with Crippen molar-refractivity contribution in [3.05, 3.63) is 52.5 Å². The highest BCUT2D eigenvalue weighted by Crippen LogP contribution is 2.31. The first kappa shape index (κ1) is 16.5. The molecule has 0 aliphatic rings. The van der Waals surface area contributed by atoms with Gasteiger partial charge in [-0.05, 0) is 30.5 Å². The number of aromatic nitrogens is 2. The second-order valence-electron chi connectivity index (χ2n) is 5.31. The number of nitrogens with zero attached hydrogens (tertiary/aromatic N) is 2. The van der Waals surface area contributed by atoms with E-state index < -0.39 is 24.5 Å². The van der Waals surface area contributed by atoms with Gasteiger partial charge < -0.3 is 9.88 Å². The molecule has 2 heterocycles. The van der Waals surface area contributed by atoms with Crippen molar-refractivity contribution in [2.75, 3.05) is 0 Å². The Balaban J connectivity index is 1.87. The van der Waals surface area contributed by atoms with Gasteiger partial charge in [0, 0.05) is 4.88 Å². The first-order chi connectivity index (χ1) is 11.4. The van der Waals surface area contributed by atoms with E-state index in [-0.39, 0.29) is 17.1 Å². The Labute approximate surface area is 139 Å². The normalized spacial score (nSPS) is 13.2. The second-order valence-corrected chi connectivity index (χ2v) is 6.29. The van der Waals surface area contributed by atoms with Crippen LogP contribution in [-0.4, -0.2) is 15.5 Å². The lowest BCUT2D eigenvalue weighted by molar-refractivity contribution is -0.147. The number of para-hydroxylation sites is 2. The molecule has 3 rings (SSSR count). The molecule has 1 amide bonds. The van der Waals surface area contributed by atoms with E-state index >= 15 is 0 Å². The summed E-state index contributed by atoms with van der Waals surface area (Å²) < 4.78 is 40.5. The summed E-state index contributed by atoms with van der Waals surface area (Å²) >= 11 is 1.48. The van der Waals surface area contributed by atoms with Crippen LogP contribution in [0, 0.1) is 0 Å². The third-order valence-electron chi connectivity index (χ3n) is 3.56. The summed E-state index contributed by atoms with van der Waals surface area (Å²) in [6.45, 7) is 1.35. The molecule has 0 aliphatic carbocycles. The SMILES string of the molecule is CC(NC(=O)Cn1c(C(F)(F)F)nc2ccccc21)c1cccs1. The fourth-order valence-corrected chi connectivity index (χ4v) is 3.23. The van der Waals surface area contributed by atoms with Crippen LogP contribution >= 0.6 is 11.3 Å². The summed E-state index contributed by atoms with van der Waals surface area (Å²) in [5, 5.41) is 4.60. The van der Waals surface area contributed by atoms with E-state index in [4.69, 9.17) is 0 Å². The molecule has 0 aliphatic heterocycles. The van der Waals surface area contributed by atoms with Gasteiger partial charge >= 0.3 is 6.18 Å². The molecule has 0 saturated carbocycles. The molecule has 4 nitrogen and oxygen atoms in total. The molecular weight excluding hydrogens is 339 g/mol. The number of amides is 1. The van der Waals surface area contributed by atoms with E-state index in [0.29, 0.717) is 0 Å². The highest BCUT2D eigenvalue weighted by atomic mass is 32.1. The molecule has 126 valence electrons. The summed E-state index contributed by atoms with van der Waals surface area (Å²) in [7, 11) is 0. The largest absolute Gasteiger partial charge is 0.449 e. The van der Waals surface area contributed by atoms with Crippen LogP contribution in [0.15, 0.2) is 41.8 Å². The highest BCUT2D eigenvalue weighted by Gasteiger charge is 2.38. The lowest BCUT2D eigenvalue weighted by Gasteiger charge is -2.15. The summed E-state index contributed by atoms with van der Waals surface area (Å²) in [6.07, 6.45) is -4.63. The standard InChI is InChI=1S/C16H14F3N3OS/c1-10(13-7-4-8-24-13)20-14(23)9-22-12-6-3-2-5-11(12)21-15(22)16(17,18)19/h2-8,10H,9H2,1H3,(H,20,23). The summed E-state index contributed by atoms with van der Waals surface area (Å²) in [6, 6.07) is 9.70. The minimum absolute atomic E-state index is 0.212. The topological polar surface area (TPSA) is 46.9 Å². The lowest BCUT2D eigenvalue weighted by Crippen LogP contribution is -2.31. The van der Waals surface area contributed by atoms with Gasteiger partial charge in [-0.15, -0.1) is 11.3 Å². The number of imidazole rings is 1. The number of benzene rings is 1. The van der Waals surface area contributed by atoms with Crippen molar-refractivity contribution in [1.82, 2.24) is 14.9 Å². The molecule has 0 radical (unpaired) electrons. The number of hydrogen-bond donors (Lipinski definition) is 1. The van der Waals surface area contributed by atoms with Crippen LogP contribution < -0.4 is 5.32 Å². The van der Waals surface area contributed by atoms with E-state index in [9.17, 15) is 18.0 Å². The number of nitrogens with one attached hydrogen (secondary N) is 1. The highest BCUT2D eigenvalue weighted by molar-refractivity contribution is 7.10. The predicted molar refractivity (Wildman–Crippen MR) is 85.6 cm³/mol. The van der Waals surface area contributed by atoms with Crippen molar-refractivity contribution in [3.63, 3.8) is 0 Å². The molecule has 1 aromatic carbocycles. The van der Waals surface area contributed by atoms with Gasteiger partial charge in [-0.25, -0.2) is 4.98 Å². The van der Waals surface area contributed by atoms with Gasteiger partial charge in [-0.2, -0.15) is 13.2 Å². The summed E-state index contributed by atoms with van der Waals surface area (Å²) in [4.78, 5) is 16.8. The van der Waals surface area contributed by atoms with Crippen molar-refractivity contribution in [3.8, 4) is 0 Å². The van der Waals surface area contributed by atoms with Crippen molar-refractivity contribution >= 4 is 28.3 Å². The molecule has 2 aromatic heterocycles. The predicted octanol–water partition coefficient (Wildman–Crippen LogP) is 3.99. The molecule has 0 spiro atoms. The number of hydrogen-bond acceptors (Lipinski definition) is 3. The summed E-state index contributed by atoms with van der Waals surface area (Å²) in [5.41, 5.74) is 0.493. The Hall–Kier alpha value is -2.35. The average molecular weight is 353 g/mol. The summed E-state index contributed by atoms with van der Waals surface area (Å²) in [5.74, 6) is -1.56. The third-order valence-corrected chi connectivity index (χ3v) is 4.61. The quantitative estimate of drug-likeness (QED) is 0.771. The van der Waals surface area contributed by atoms with Crippen molar-refractivity contribution in [2.45, 2.75) is 25.7 Å². The maximum absolute atomic E-state index is 13.2. The second kappa shape index (κ2) is 6.27. The molecule has 0 bridgehead atoms. The number of alkyl halides is 3. The van der Waals surface area contributed by atoms with Gasteiger partial charge in [0.15, 0.2) is 0 Å². The zero-order chi connectivity index (χ0) is 17.3. The van der Waals surface area contributed by atoms with Gasteiger partial charge in [0.1, 0.15) is 6.54 Å². The molecule has 1 unspecified atom stereocenters. The Bertz CT molecular complexity index is 855. The van der Waals surface area contributed by atoms with Gasteiger partial charge in [-0.3, -0.25) is 4.79 Å². The monoisotopic (exact) mass is 353 g/mol. The van der Waals surface area contributed by atoms with Gasteiger partial charge in [0.25, 0.3) is 0 Å². The zero-order valence-corrected chi connectivity index (χ0v) is 13.5. The molecular formula is C16H14F3N3OS. The third kappa shape index (κ3) is 3.28. The van der Waals surface area contributed by atoms with Crippen molar-refractivity contribution in [2.24, 2.45) is 0 Å². The van der Waals surface area contributed by atoms with E-state index in [1.54, 1.807) is 19.1 Å². The maximum atomic E-state index is 13.2. The molecule has 3 aromatic rings. The van der Waals surface area contributed by atoms with Crippen LogP contribution in [0.25, 0.3) is 11.0 Å². The molecule has 0 fully saturated rings. The Kier molecular flexibility index (Phi) is 4.31. The van der Waals surface area contributed by atoms with Crippen LogP contribution in [0.2, 0.25) is 0 Å². The molecule has 24 heavy (non-hydrogen) atoms. The maximum Gasteiger partial charge on any atom is 0.449 e. The van der Waals surface area contributed by atoms with Crippen LogP contribution in [0.3, 0.4) is 0 Å². The number of halogens is 3. The van der Waals surface area contributed by atoms with Crippen molar-refractivity contribution < 1.29 is 18.0 Å². The number of thiophene rings is 1. The fraction of sp³-hybridized carbons (Fsp3) is 0.250. The Morgan fingerprint density at radius 2 is 2.04 bits per heavy atom. The van der Waals surface area contributed by atoms with Gasteiger partial charge in [0.05, 0.1) is 17.1 Å². The van der Waals surface area contributed by atoms with Crippen LogP contribution in [-0.2, 0) is 17.5 Å². The molecule has 1 atom stereocenters. The fourth-order valence-electron chi connectivity index (χ4n) is 2.49. The molecule has 8 heteroatoms. The Morgan fingerprint density at radius 1 is 1.29 bits per heavy atom. The smallest absolute Gasteiger partial charge is 0.347 e. The molecule has 0 saturated heterocycles. The van der Waals surface area contributed by atoms with Crippen LogP contribution in [0.4, 0.5) is 13.2 Å². The van der Waals surface area contributed by atoms with Crippen molar-refractivity contribution in [1.29, 1.82) is 0 Å². The van der Waals surface area contributed by atoms with E-state index in [0.717, 1.165) is 9.44 Å². The zero-order valence-electron chi connectivity index (χ0n) is 12.7. The number of rotatable bonds is 4. The number of fused-ring (bicyclic) bond motifs is 1. The number of carbonyl (C=O) groups excluding carboxylic acids is 1. The Morgan fingerprint density at radius 3 is 2.71 bits per heavy atom. The van der Waals surface area contributed by atoms with E-state index in [1.165, 1.54) is 23.5 Å². The first-order valence-corrected chi connectivity index (χ1v) is 8.09. The van der Waals surface area contributed by atoms with E-state index in [1.807, 2.05) is 17.5 Å².